The molecule has 3 rings (SSSR count). The average Bonchev–Trinajstić information content (AvgIpc) is 3.16. The van der Waals surface area contributed by atoms with Gasteiger partial charge in [0.2, 0.25) is 5.91 Å². The van der Waals surface area contributed by atoms with Gasteiger partial charge in [-0.05, 0) is 28.2 Å². The number of carbonyl (C=O) groups is 3. The number of amides is 2. The van der Waals surface area contributed by atoms with E-state index in [1.165, 1.54) is 0 Å². The van der Waals surface area contributed by atoms with E-state index < -0.39 is 18.1 Å². The molecular formula is C26H32N2O6. The van der Waals surface area contributed by atoms with Gasteiger partial charge in [-0.25, -0.2) is 4.79 Å². The van der Waals surface area contributed by atoms with Gasteiger partial charge in [-0.2, -0.15) is 0 Å². The summed E-state index contributed by atoms with van der Waals surface area (Å²) in [6.07, 6.45) is -0.0380. The van der Waals surface area contributed by atoms with E-state index in [9.17, 15) is 14.4 Å². The normalized spacial score (nSPS) is 13.9. The molecule has 0 saturated heterocycles. The maximum absolute atomic E-state index is 12.7. The number of carbonyl (C=O) groups excluding carboxylic acids is 2. The highest BCUT2D eigenvalue weighted by Crippen LogP contribution is 2.44. The molecule has 0 saturated carbocycles. The Bertz CT molecular complexity index is 963. The molecule has 182 valence electrons. The number of nitrogens with one attached hydrogen (secondary N) is 2. The largest absolute Gasteiger partial charge is 0.481 e. The molecular weight excluding hydrogens is 436 g/mol. The molecule has 1 aliphatic carbocycles. The van der Waals surface area contributed by atoms with Crippen molar-refractivity contribution in [3.63, 3.8) is 0 Å². The topological polar surface area (TPSA) is 114 Å². The molecule has 1 aliphatic rings. The highest BCUT2D eigenvalue weighted by atomic mass is 16.5. The van der Waals surface area contributed by atoms with Gasteiger partial charge in [0.1, 0.15) is 12.6 Å². The van der Waals surface area contributed by atoms with Gasteiger partial charge in [0.25, 0.3) is 0 Å². The third-order valence-corrected chi connectivity index (χ3v) is 6.12. The number of rotatable bonds is 12. The molecule has 0 heterocycles. The molecule has 0 aromatic heterocycles. The first-order valence-electron chi connectivity index (χ1n) is 11.6. The van der Waals surface area contributed by atoms with Crippen LogP contribution in [0.3, 0.4) is 0 Å². The summed E-state index contributed by atoms with van der Waals surface area (Å²) in [6.45, 7) is 4.50. The van der Waals surface area contributed by atoms with Crippen molar-refractivity contribution in [3.05, 3.63) is 59.7 Å². The first-order chi connectivity index (χ1) is 16.4. The van der Waals surface area contributed by atoms with Gasteiger partial charge in [0.05, 0.1) is 19.6 Å². The summed E-state index contributed by atoms with van der Waals surface area (Å²) in [5, 5.41) is 14.1. The maximum Gasteiger partial charge on any atom is 0.407 e. The van der Waals surface area contributed by atoms with Crippen LogP contribution in [-0.2, 0) is 19.1 Å². The van der Waals surface area contributed by atoms with Crippen molar-refractivity contribution in [2.75, 3.05) is 26.4 Å². The van der Waals surface area contributed by atoms with E-state index in [-0.39, 0.29) is 50.5 Å². The van der Waals surface area contributed by atoms with Crippen molar-refractivity contribution in [3.8, 4) is 11.1 Å². The van der Waals surface area contributed by atoms with E-state index in [4.69, 9.17) is 14.6 Å². The highest BCUT2D eigenvalue weighted by molar-refractivity contribution is 5.86. The Hall–Kier alpha value is -3.39. The molecule has 0 spiro atoms. The molecule has 2 aromatic rings. The quantitative estimate of drug-likeness (QED) is 0.411. The molecule has 2 aromatic carbocycles. The molecule has 0 aliphatic heterocycles. The van der Waals surface area contributed by atoms with Gasteiger partial charge >= 0.3 is 12.1 Å². The van der Waals surface area contributed by atoms with E-state index in [2.05, 4.69) is 34.9 Å². The summed E-state index contributed by atoms with van der Waals surface area (Å²) in [7, 11) is 0. The number of hydrogen-bond donors (Lipinski definition) is 3. The third kappa shape index (κ3) is 6.35. The van der Waals surface area contributed by atoms with Gasteiger partial charge < -0.3 is 25.2 Å². The number of fused-ring (bicyclic) bond motifs is 3. The molecule has 3 N–H and O–H groups in total. The van der Waals surface area contributed by atoms with Crippen LogP contribution in [0.1, 0.15) is 43.7 Å². The van der Waals surface area contributed by atoms with E-state index in [1.807, 2.05) is 38.1 Å². The summed E-state index contributed by atoms with van der Waals surface area (Å²) in [4.78, 5) is 35.8. The second-order valence-electron chi connectivity index (χ2n) is 8.38. The van der Waals surface area contributed by atoms with E-state index >= 15 is 0 Å². The minimum absolute atomic E-state index is 0.0584. The number of ether oxygens (including phenoxy) is 2. The lowest BCUT2D eigenvalue weighted by Gasteiger charge is -2.24. The second-order valence-corrected chi connectivity index (χ2v) is 8.38. The molecule has 2 unspecified atom stereocenters. The van der Waals surface area contributed by atoms with Crippen molar-refractivity contribution >= 4 is 18.0 Å². The second kappa shape index (κ2) is 12.2. The lowest BCUT2D eigenvalue weighted by Crippen LogP contribution is -2.51. The number of benzene rings is 2. The van der Waals surface area contributed by atoms with E-state index in [0.29, 0.717) is 6.42 Å². The standard InChI is InChI=1S/C26H32N2O6/c1-3-17(2)24(25(31)27-13-15-33-14-12-23(29)30)28-26(32)34-16-22-20-10-6-4-8-18(20)19-9-5-7-11-21(19)22/h4-11,17,22,24H,3,12-16H2,1-2H3,(H,27,31)(H,28,32)(H,29,30). The van der Waals surface area contributed by atoms with Crippen LogP contribution in [-0.4, -0.2) is 55.5 Å². The Morgan fingerprint density at radius 1 is 1.00 bits per heavy atom. The minimum Gasteiger partial charge on any atom is -0.481 e. The molecule has 8 heteroatoms. The Kier molecular flexibility index (Phi) is 9.04. The van der Waals surface area contributed by atoms with Crippen molar-refractivity contribution in [1.29, 1.82) is 0 Å². The van der Waals surface area contributed by atoms with Crippen molar-refractivity contribution < 1.29 is 29.0 Å². The van der Waals surface area contributed by atoms with Crippen molar-refractivity contribution in [2.24, 2.45) is 5.92 Å². The molecule has 2 amide bonds. The first kappa shape index (κ1) is 25.2. The summed E-state index contributed by atoms with van der Waals surface area (Å²) in [5.41, 5.74) is 4.54. The Labute approximate surface area is 199 Å². The lowest BCUT2D eigenvalue weighted by atomic mass is 9.98. The SMILES string of the molecule is CCC(C)C(NC(=O)OCC1c2ccccc2-c2ccccc21)C(=O)NCCOCCC(=O)O. The molecule has 0 bridgehead atoms. The van der Waals surface area contributed by atoms with Crippen molar-refractivity contribution in [2.45, 2.75) is 38.6 Å². The minimum atomic E-state index is -0.937. The highest BCUT2D eigenvalue weighted by Gasteiger charge is 2.30. The smallest absolute Gasteiger partial charge is 0.407 e. The molecule has 2 atom stereocenters. The van der Waals surface area contributed by atoms with Crippen LogP contribution >= 0.6 is 0 Å². The van der Waals surface area contributed by atoms with Crippen LogP contribution in [0.2, 0.25) is 0 Å². The molecule has 0 fully saturated rings. The van der Waals surface area contributed by atoms with E-state index in [1.54, 1.807) is 0 Å². The lowest BCUT2D eigenvalue weighted by molar-refractivity contribution is -0.138. The van der Waals surface area contributed by atoms with Gasteiger partial charge in [-0.3, -0.25) is 9.59 Å². The average molecular weight is 469 g/mol. The molecule has 34 heavy (non-hydrogen) atoms. The zero-order chi connectivity index (χ0) is 24.5. The van der Waals surface area contributed by atoms with E-state index in [0.717, 1.165) is 22.3 Å². The van der Waals surface area contributed by atoms with Crippen molar-refractivity contribution in [1.82, 2.24) is 10.6 Å². The monoisotopic (exact) mass is 468 g/mol. The predicted octanol–water partition coefficient (Wildman–Crippen LogP) is 3.55. The summed E-state index contributed by atoms with van der Waals surface area (Å²) in [5.74, 6) is -1.43. The van der Waals surface area contributed by atoms with Crippen LogP contribution in [0.4, 0.5) is 4.79 Å². The summed E-state index contributed by atoms with van der Waals surface area (Å²) in [6, 6.07) is 15.4. The maximum atomic E-state index is 12.7. The Morgan fingerprint density at radius 2 is 1.62 bits per heavy atom. The predicted molar refractivity (Wildman–Crippen MR) is 128 cm³/mol. The number of hydrogen-bond acceptors (Lipinski definition) is 5. The van der Waals surface area contributed by atoms with Crippen LogP contribution in [0.5, 0.6) is 0 Å². The van der Waals surface area contributed by atoms with Gasteiger partial charge in [-0.1, -0.05) is 68.8 Å². The number of alkyl carbamates (subject to hydrolysis) is 1. The summed E-state index contributed by atoms with van der Waals surface area (Å²) < 4.78 is 10.8. The number of carboxylic acid groups (broad SMARTS) is 1. The number of aliphatic carboxylic acids is 1. The fourth-order valence-corrected chi connectivity index (χ4v) is 4.09. The fraction of sp³-hybridized carbons (Fsp3) is 0.423. The zero-order valence-electron chi connectivity index (χ0n) is 19.6. The molecule has 0 radical (unpaired) electrons. The van der Waals surface area contributed by atoms with Crippen LogP contribution in [0.15, 0.2) is 48.5 Å². The Balaban J connectivity index is 1.54. The zero-order valence-corrected chi connectivity index (χ0v) is 19.6. The number of carboxylic acids is 1. The third-order valence-electron chi connectivity index (χ3n) is 6.12. The van der Waals surface area contributed by atoms with Crippen LogP contribution in [0.25, 0.3) is 11.1 Å². The van der Waals surface area contributed by atoms with Gasteiger partial charge in [0.15, 0.2) is 0 Å². The van der Waals surface area contributed by atoms with Crippen LogP contribution in [0, 0.1) is 5.92 Å². The Morgan fingerprint density at radius 3 is 2.21 bits per heavy atom. The molecule has 8 nitrogen and oxygen atoms in total. The van der Waals surface area contributed by atoms with Gasteiger partial charge in [0, 0.05) is 12.5 Å². The van der Waals surface area contributed by atoms with Crippen LogP contribution < -0.4 is 10.6 Å². The first-order valence-corrected chi connectivity index (χ1v) is 11.6. The van der Waals surface area contributed by atoms with Gasteiger partial charge in [-0.15, -0.1) is 0 Å². The summed E-state index contributed by atoms with van der Waals surface area (Å²) >= 11 is 0. The fourth-order valence-electron chi connectivity index (χ4n) is 4.09.